The zero-order chi connectivity index (χ0) is 4.41. The summed E-state index contributed by atoms with van der Waals surface area (Å²) in [5.41, 5.74) is 0.370. The first-order valence-electron chi connectivity index (χ1n) is 1.91. The van der Waals surface area contributed by atoms with Crippen LogP contribution in [-0.2, 0) is 4.79 Å². The molecule has 1 unspecified atom stereocenters. The number of hydrogen-bond donors (Lipinski definition) is 1. The van der Waals surface area contributed by atoms with Crippen molar-refractivity contribution in [3.05, 3.63) is 0 Å². The molecule has 2 nitrogen and oxygen atoms in total. The average molecular weight is 103 g/mol. The van der Waals surface area contributed by atoms with Gasteiger partial charge < -0.3 is 0 Å². The van der Waals surface area contributed by atoms with E-state index in [0.717, 1.165) is 13.0 Å². The van der Waals surface area contributed by atoms with Crippen molar-refractivity contribution in [2.45, 2.75) is 6.42 Å². The van der Waals surface area contributed by atoms with Crippen molar-refractivity contribution in [1.29, 1.82) is 0 Å². The Kier molecular flexibility index (Phi) is 1.18. The molecule has 1 aliphatic rings. The predicted octanol–water partition coefficient (Wildman–Crippen LogP) is 0.0998. The molecule has 0 aliphatic carbocycles. The van der Waals surface area contributed by atoms with Crippen molar-refractivity contribution in [1.82, 2.24) is 5.09 Å². The maximum atomic E-state index is 10.2. The SMILES string of the molecule is O=C1CCNP1. The van der Waals surface area contributed by atoms with Crippen LogP contribution in [-0.4, -0.2) is 12.1 Å². The second kappa shape index (κ2) is 1.67. The largest absolute Gasteiger partial charge is 0.293 e. The molecule has 0 aromatic carbocycles. The molecule has 0 aromatic rings. The van der Waals surface area contributed by atoms with E-state index in [1.165, 1.54) is 0 Å². The first-order chi connectivity index (χ1) is 2.89. The van der Waals surface area contributed by atoms with Gasteiger partial charge in [-0.15, -0.1) is 0 Å². The maximum absolute atomic E-state index is 10.2. The van der Waals surface area contributed by atoms with Gasteiger partial charge in [-0.05, 0) is 0 Å². The van der Waals surface area contributed by atoms with E-state index in [4.69, 9.17) is 0 Å². The van der Waals surface area contributed by atoms with Crippen molar-refractivity contribution >= 4 is 14.3 Å². The molecule has 1 atom stereocenters. The van der Waals surface area contributed by atoms with E-state index in [1.807, 2.05) is 0 Å². The zero-order valence-corrected chi connectivity index (χ0v) is 4.32. The molecular weight excluding hydrogens is 97.0 g/mol. The Balaban J connectivity index is 2.37. The Morgan fingerprint density at radius 2 is 2.67 bits per heavy atom. The van der Waals surface area contributed by atoms with Crippen molar-refractivity contribution < 1.29 is 4.79 Å². The van der Waals surface area contributed by atoms with Crippen LogP contribution < -0.4 is 5.09 Å². The molecule has 0 saturated carbocycles. The van der Waals surface area contributed by atoms with Crippen molar-refractivity contribution in [3.63, 3.8) is 0 Å². The van der Waals surface area contributed by atoms with Crippen LogP contribution in [0, 0.1) is 0 Å². The van der Waals surface area contributed by atoms with Gasteiger partial charge in [0.25, 0.3) is 0 Å². The lowest BCUT2D eigenvalue weighted by Crippen LogP contribution is -1.90. The van der Waals surface area contributed by atoms with Gasteiger partial charge >= 0.3 is 0 Å². The van der Waals surface area contributed by atoms with E-state index >= 15 is 0 Å². The monoisotopic (exact) mass is 103 g/mol. The number of carbonyl (C=O) groups is 1. The van der Waals surface area contributed by atoms with Crippen LogP contribution in [0.2, 0.25) is 0 Å². The van der Waals surface area contributed by atoms with Crippen LogP contribution in [0.3, 0.4) is 0 Å². The van der Waals surface area contributed by atoms with Crippen LogP contribution >= 0.6 is 8.73 Å². The van der Waals surface area contributed by atoms with Crippen LogP contribution in [0.1, 0.15) is 6.42 Å². The lowest BCUT2D eigenvalue weighted by atomic mass is 10.5. The van der Waals surface area contributed by atoms with Crippen LogP contribution in [0.15, 0.2) is 0 Å². The Morgan fingerprint density at radius 3 is 2.83 bits per heavy atom. The van der Waals surface area contributed by atoms with Crippen LogP contribution in [0.4, 0.5) is 0 Å². The summed E-state index contributed by atoms with van der Waals surface area (Å²) in [5.74, 6) is 0. The van der Waals surface area contributed by atoms with Gasteiger partial charge in [-0.2, -0.15) is 0 Å². The second-order valence-electron chi connectivity index (χ2n) is 1.22. The number of rotatable bonds is 0. The summed E-state index contributed by atoms with van der Waals surface area (Å²) in [4.78, 5) is 10.2. The second-order valence-corrected chi connectivity index (χ2v) is 2.39. The third kappa shape index (κ3) is 0.763. The van der Waals surface area contributed by atoms with E-state index in [2.05, 4.69) is 5.09 Å². The van der Waals surface area contributed by atoms with Crippen LogP contribution in [0.5, 0.6) is 0 Å². The van der Waals surface area contributed by atoms with Gasteiger partial charge in [-0.3, -0.25) is 9.88 Å². The smallest absolute Gasteiger partial charge is 0.167 e. The van der Waals surface area contributed by atoms with E-state index in [0.29, 0.717) is 14.3 Å². The van der Waals surface area contributed by atoms with Crippen LogP contribution in [0.25, 0.3) is 0 Å². The summed E-state index contributed by atoms with van der Waals surface area (Å²) in [6.07, 6.45) is 0.748. The summed E-state index contributed by atoms with van der Waals surface area (Å²) >= 11 is 0. The normalized spacial score (nSPS) is 26.3. The van der Waals surface area contributed by atoms with E-state index in [1.54, 1.807) is 0 Å². The molecule has 1 rings (SSSR count). The van der Waals surface area contributed by atoms with Crippen molar-refractivity contribution in [3.8, 4) is 0 Å². The minimum absolute atomic E-state index is 0.370. The summed E-state index contributed by atoms with van der Waals surface area (Å²) in [6, 6.07) is 0. The van der Waals surface area contributed by atoms with Gasteiger partial charge in [-0.1, -0.05) is 0 Å². The average Bonchev–Trinajstić information content (AvgIpc) is 1.86. The first-order valence-corrected chi connectivity index (χ1v) is 2.91. The Hall–Kier alpha value is 0.0600. The molecule has 1 saturated heterocycles. The standard InChI is InChI=1S/C3H6NOP/c5-3-1-2-4-6-3/h4,6H,1-2H2. The summed E-state index contributed by atoms with van der Waals surface area (Å²) in [6.45, 7) is 0.900. The first kappa shape index (κ1) is 4.23. The molecule has 0 bridgehead atoms. The highest BCUT2D eigenvalue weighted by atomic mass is 31.1. The molecule has 34 valence electrons. The van der Waals surface area contributed by atoms with Gasteiger partial charge in [-0.25, -0.2) is 0 Å². The molecule has 0 aromatic heterocycles. The molecule has 3 heteroatoms. The summed E-state index contributed by atoms with van der Waals surface area (Å²) in [7, 11) is 0.394. The third-order valence-corrected chi connectivity index (χ3v) is 1.66. The topological polar surface area (TPSA) is 29.1 Å². The van der Waals surface area contributed by atoms with Gasteiger partial charge in [0.1, 0.15) is 0 Å². The van der Waals surface area contributed by atoms with Crippen molar-refractivity contribution in [2.75, 3.05) is 6.54 Å². The van der Waals surface area contributed by atoms with E-state index in [9.17, 15) is 4.79 Å². The molecule has 0 radical (unpaired) electrons. The molecule has 6 heavy (non-hydrogen) atoms. The molecule has 1 fully saturated rings. The highest BCUT2D eigenvalue weighted by Crippen LogP contribution is 2.13. The van der Waals surface area contributed by atoms with Gasteiger partial charge in [0, 0.05) is 21.7 Å². The minimum atomic E-state index is 0.370. The van der Waals surface area contributed by atoms with E-state index < -0.39 is 0 Å². The lowest BCUT2D eigenvalue weighted by Gasteiger charge is -1.75. The summed E-state index contributed by atoms with van der Waals surface area (Å²) < 4.78 is 0. The molecule has 0 amide bonds. The molecule has 1 aliphatic heterocycles. The maximum Gasteiger partial charge on any atom is 0.167 e. The number of nitrogens with one attached hydrogen (secondary N) is 1. The van der Waals surface area contributed by atoms with Crippen molar-refractivity contribution in [2.24, 2.45) is 0 Å². The van der Waals surface area contributed by atoms with Gasteiger partial charge in [0.15, 0.2) is 5.52 Å². The molecule has 0 spiro atoms. The van der Waals surface area contributed by atoms with Gasteiger partial charge in [0.2, 0.25) is 0 Å². The van der Waals surface area contributed by atoms with E-state index in [-0.39, 0.29) is 0 Å². The Labute approximate surface area is 38.1 Å². The fourth-order valence-electron chi connectivity index (χ4n) is 0.400. The molecular formula is C3H6NOP. The van der Waals surface area contributed by atoms with Gasteiger partial charge in [0.05, 0.1) is 0 Å². The summed E-state index contributed by atoms with van der Waals surface area (Å²) in [5, 5.41) is 2.95. The lowest BCUT2D eigenvalue weighted by molar-refractivity contribution is -0.110. The number of carbonyl (C=O) groups excluding carboxylic acids is 1. The Bertz CT molecular complexity index is 65.2. The molecule has 1 N–H and O–H groups in total. The minimum Gasteiger partial charge on any atom is -0.293 e. The third-order valence-electron chi connectivity index (χ3n) is 0.705. The molecule has 1 heterocycles. The highest BCUT2D eigenvalue weighted by molar-refractivity contribution is 7.56. The number of hydrogen-bond acceptors (Lipinski definition) is 2. The quantitative estimate of drug-likeness (QED) is 0.440. The fraction of sp³-hybridized carbons (Fsp3) is 0.667. The Morgan fingerprint density at radius 1 is 1.83 bits per heavy atom. The predicted molar refractivity (Wildman–Crippen MR) is 25.9 cm³/mol. The highest BCUT2D eigenvalue weighted by Gasteiger charge is 2.06. The zero-order valence-electron chi connectivity index (χ0n) is 3.32. The fourth-order valence-corrected chi connectivity index (χ4v) is 1.10.